The summed E-state index contributed by atoms with van der Waals surface area (Å²) in [7, 11) is 0. The van der Waals surface area contributed by atoms with E-state index in [1.807, 2.05) is 36.4 Å². The van der Waals surface area contributed by atoms with Crippen molar-refractivity contribution in [3.05, 3.63) is 77.2 Å². The van der Waals surface area contributed by atoms with Gasteiger partial charge in [-0.25, -0.2) is 9.37 Å². The molecule has 1 aliphatic rings. The van der Waals surface area contributed by atoms with Crippen LogP contribution in [0.15, 0.2) is 54.7 Å². The normalized spacial score (nSPS) is 15.8. The molecule has 3 heterocycles. The lowest BCUT2D eigenvalue weighted by Crippen LogP contribution is -2.23. The van der Waals surface area contributed by atoms with Crippen molar-refractivity contribution in [3.8, 4) is 11.1 Å². The van der Waals surface area contributed by atoms with Crippen LogP contribution < -0.4 is 16.0 Å². The van der Waals surface area contributed by atoms with Crippen molar-refractivity contribution in [2.24, 2.45) is 0 Å². The molecule has 36 heavy (non-hydrogen) atoms. The number of halogens is 1. The SMILES string of the molecule is CC(C)(C)c1ccc(C(=O)NCc2cc(F)cc(-c3ccnc4[nH]nc(N[C@@H]5CCNC5)c34)c2)cc1. The van der Waals surface area contributed by atoms with Gasteiger partial charge in [0.25, 0.3) is 5.91 Å². The Balaban J connectivity index is 1.37. The maximum Gasteiger partial charge on any atom is 0.251 e. The molecular formula is C28H31FN6O. The van der Waals surface area contributed by atoms with Crippen LogP contribution in [-0.4, -0.2) is 40.2 Å². The van der Waals surface area contributed by atoms with Gasteiger partial charge in [0.15, 0.2) is 11.5 Å². The largest absolute Gasteiger partial charge is 0.364 e. The van der Waals surface area contributed by atoms with Crippen LogP contribution in [0.1, 0.15) is 48.7 Å². The highest BCUT2D eigenvalue weighted by atomic mass is 19.1. The van der Waals surface area contributed by atoms with E-state index in [1.54, 1.807) is 6.20 Å². The minimum atomic E-state index is -0.366. The molecule has 1 aliphatic heterocycles. The van der Waals surface area contributed by atoms with Crippen LogP contribution in [0.5, 0.6) is 0 Å². The number of rotatable bonds is 6. The zero-order valence-corrected chi connectivity index (χ0v) is 20.8. The van der Waals surface area contributed by atoms with Crippen LogP contribution in [0.4, 0.5) is 10.2 Å². The quantitative estimate of drug-likeness (QED) is 0.315. The van der Waals surface area contributed by atoms with Crippen molar-refractivity contribution in [1.29, 1.82) is 0 Å². The van der Waals surface area contributed by atoms with Gasteiger partial charge in [-0.1, -0.05) is 32.9 Å². The Kier molecular flexibility index (Phi) is 6.45. The van der Waals surface area contributed by atoms with Gasteiger partial charge in [-0.05, 0) is 77.0 Å². The summed E-state index contributed by atoms with van der Waals surface area (Å²) in [5.41, 5.74) is 4.60. The van der Waals surface area contributed by atoms with Gasteiger partial charge >= 0.3 is 0 Å². The molecule has 0 saturated carbocycles. The number of nitrogens with one attached hydrogen (secondary N) is 4. The van der Waals surface area contributed by atoms with Crippen LogP contribution in [0.2, 0.25) is 0 Å². The average molecular weight is 487 g/mol. The van der Waals surface area contributed by atoms with Gasteiger partial charge in [-0.3, -0.25) is 9.89 Å². The van der Waals surface area contributed by atoms with E-state index < -0.39 is 0 Å². The third kappa shape index (κ3) is 5.09. The smallest absolute Gasteiger partial charge is 0.251 e. The van der Waals surface area contributed by atoms with Crippen molar-refractivity contribution in [2.75, 3.05) is 18.4 Å². The Morgan fingerprint density at radius 1 is 1.14 bits per heavy atom. The first kappa shape index (κ1) is 23.9. The number of hydrogen-bond acceptors (Lipinski definition) is 5. The predicted octanol–water partition coefficient (Wildman–Crippen LogP) is 4.77. The second-order valence-corrected chi connectivity index (χ2v) is 10.3. The summed E-state index contributed by atoms with van der Waals surface area (Å²) < 4.78 is 14.7. The van der Waals surface area contributed by atoms with Crippen LogP contribution in [0.25, 0.3) is 22.2 Å². The van der Waals surface area contributed by atoms with Gasteiger partial charge in [0.1, 0.15) is 5.82 Å². The number of fused-ring (bicyclic) bond motifs is 1. The molecular weight excluding hydrogens is 455 g/mol. The summed E-state index contributed by atoms with van der Waals surface area (Å²) in [4.78, 5) is 17.1. The molecule has 5 rings (SSSR count). The highest BCUT2D eigenvalue weighted by Crippen LogP contribution is 2.33. The van der Waals surface area contributed by atoms with Crippen molar-refractivity contribution in [3.63, 3.8) is 0 Å². The molecule has 0 bridgehead atoms. The Labute approximate surface area is 209 Å². The van der Waals surface area contributed by atoms with Gasteiger partial charge < -0.3 is 16.0 Å². The summed E-state index contributed by atoms with van der Waals surface area (Å²) in [6.07, 6.45) is 2.69. The molecule has 1 saturated heterocycles. The second kappa shape index (κ2) is 9.70. The molecule has 8 heteroatoms. The van der Waals surface area contributed by atoms with E-state index in [-0.39, 0.29) is 29.7 Å². The summed E-state index contributed by atoms with van der Waals surface area (Å²) in [6, 6.07) is 14.6. The van der Waals surface area contributed by atoms with Crippen LogP contribution in [0.3, 0.4) is 0 Å². The number of pyridine rings is 1. The van der Waals surface area contributed by atoms with E-state index in [1.165, 1.54) is 12.1 Å². The Morgan fingerprint density at radius 3 is 2.67 bits per heavy atom. The van der Waals surface area contributed by atoms with Crippen LogP contribution in [0, 0.1) is 5.82 Å². The van der Waals surface area contributed by atoms with Crippen molar-refractivity contribution in [2.45, 2.75) is 45.2 Å². The molecule has 0 aliphatic carbocycles. The molecule has 0 radical (unpaired) electrons. The van der Waals surface area contributed by atoms with Gasteiger partial charge in [-0.15, -0.1) is 0 Å². The second-order valence-electron chi connectivity index (χ2n) is 10.3. The molecule has 4 aromatic rings. The zero-order valence-electron chi connectivity index (χ0n) is 20.8. The summed E-state index contributed by atoms with van der Waals surface area (Å²) in [5.74, 6) is 0.146. The molecule has 7 nitrogen and oxygen atoms in total. The van der Waals surface area contributed by atoms with Crippen molar-refractivity contribution in [1.82, 2.24) is 25.8 Å². The first-order valence-corrected chi connectivity index (χ1v) is 12.3. The number of nitrogens with zero attached hydrogens (tertiary/aromatic N) is 2. The van der Waals surface area contributed by atoms with Crippen LogP contribution in [-0.2, 0) is 12.0 Å². The van der Waals surface area contributed by atoms with E-state index in [0.29, 0.717) is 28.2 Å². The fourth-order valence-corrected chi connectivity index (χ4v) is 4.58. The fraction of sp³-hybridized carbons (Fsp3) is 0.321. The first-order valence-electron chi connectivity index (χ1n) is 12.3. The minimum absolute atomic E-state index is 0.0176. The molecule has 0 unspecified atom stereocenters. The van der Waals surface area contributed by atoms with Gasteiger partial charge in [0, 0.05) is 30.9 Å². The molecule has 1 atom stereocenters. The predicted molar refractivity (Wildman–Crippen MR) is 140 cm³/mol. The molecule has 186 valence electrons. The number of anilines is 1. The van der Waals surface area contributed by atoms with Crippen LogP contribution >= 0.6 is 0 Å². The van der Waals surface area contributed by atoms with Crippen molar-refractivity contribution < 1.29 is 9.18 Å². The number of benzene rings is 2. The summed E-state index contributed by atoms with van der Waals surface area (Å²) >= 11 is 0. The Hall–Kier alpha value is -3.78. The number of carbonyl (C=O) groups is 1. The highest BCUT2D eigenvalue weighted by Gasteiger charge is 2.20. The van der Waals surface area contributed by atoms with E-state index in [0.717, 1.165) is 36.0 Å². The molecule has 4 N–H and O–H groups in total. The van der Waals surface area contributed by atoms with E-state index in [2.05, 4.69) is 51.9 Å². The number of hydrogen-bond donors (Lipinski definition) is 4. The molecule has 0 spiro atoms. The molecule has 1 amide bonds. The third-order valence-electron chi connectivity index (χ3n) is 6.60. The van der Waals surface area contributed by atoms with Gasteiger partial charge in [0.2, 0.25) is 0 Å². The first-order chi connectivity index (χ1) is 17.3. The van der Waals surface area contributed by atoms with E-state index in [9.17, 15) is 9.18 Å². The topological polar surface area (TPSA) is 94.7 Å². The van der Waals surface area contributed by atoms with Gasteiger partial charge in [0.05, 0.1) is 5.39 Å². The number of carbonyl (C=O) groups excluding carboxylic acids is 1. The Bertz CT molecular complexity index is 1380. The lowest BCUT2D eigenvalue weighted by atomic mass is 9.87. The lowest BCUT2D eigenvalue weighted by molar-refractivity contribution is 0.0951. The number of aromatic amines is 1. The van der Waals surface area contributed by atoms with E-state index >= 15 is 0 Å². The third-order valence-corrected chi connectivity index (χ3v) is 6.60. The fourth-order valence-electron chi connectivity index (χ4n) is 4.58. The monoisotopic (exact) mass is 486 g/mol. The van der Waals surface area contributed by atoms with Gasteiger partial charge in [-0.2, -0.15) is 5.10 Å². The van der Waals surface area contributed by atoms with E-state index in [4.69, 9.17) is 0 Å². The number of aromatic nitrogens is 3. The van der Waals surface area contributed by atoms with Crippen molar-refractivity contribution >= 4 is 22.8 Å². The number of amides is 1. The molecule has 2 aromatic carbocycles. The maximum atomic E-state index is 14.7. The molecule has 1 fully saturated rings. The summed E-state index contributed by atoms with van der Waals surface area (Å²) in [6.45, 7) is 8.44. The lowest BCUT2D eigenvalue weighted by Gasteiger charge is -2.19. The maximum absolute atomic E-state index is 14.7. The average Bonchev–Trinajstić information content (AvgIpc) is 3.52. The molecule has 2 aromatic heterocycles. The number of H-pyrrole nitrogens is 1. The standard InChI is InChI=1S/C28H31FN6O/c1-28(2,3)20-6-4-18(5-7-20)27(36)32-15-17-12-19(14-21(29)13-17)23-9-11-31-25-24(23)26(35-34-25)33-22-8-10-30-16-22/h4-7,9,11-14,22,30H,8,10,15-16H2,1-3H3,(H,32,36)(H2,31,33,34,35)/t22-/m1/s1. The Morgan fingerprint density at radius 2 is 1.94 bits per heavy atom. The minimum Gasteiger partial charge on any atom is -0.364 e. The summed E-state index contributed by atoms with van der Waals surface area (Å²) in [5, 5.41) is 18.0. The zero-order chi connectivity index (χ0) is 25.3. The highest BCUT2D eigenvalue weighted by molar-refractivity contribution is 6.00.